The van der Waals surface area contributed by atoms with E-state index >= 15 is 0 Å². The Morgan fingerprint density at radius 3 is 2.94 bits per heavy atom. The van der Waals surface area contributed by atoms with Crippen LogP contribution in [0.1, 0.15) is 31.7 Å². The molecule has 1 aromatic carbocycles. The third-order valence-electron chi connectivity index (χ3n) is 3.64. The smallest absolute Gasteiger partial charge is 0.220 e. The molecule has 0 N–H and O–H groups in total. The highest BCUT2D eigenvalue weighted by Gasteiger charge is 2.38. The molecular formula is C14H14N2O. The first-order chi connectivity index (χ1) is 8.18. The number of hydrogen-bond acceptors (Lipinski definition) is 1. The Bertz CT molecular complexity index is 557. The molecule has 1 atom stereocenters. The molecule has 1 aromatic rings. The second kappa shape index (κ2) is 3.62. The first kappa shape index (κ1) is 10.4. The monoisotopic (exact) mass is 226 g/mol. The normalized spacial score (nSPS) is 27.7. The van der Waals surface area contributed by atoms with E-state index in [1.54, 1.807) is 0 Å². The fourth-order valence-corrected chi connectivity index (χ4v) is 2.65. The second-order valence-electron chi connectivity index (χ2n) is 4.93. The average molecular weight is 226 g/mol. The number of carbonyl (C=O) groups excluding carboxylic acids is 1. The van der Waals surface area contributed by atoms with Crippen molar-refractivity contribution >= 4 is 17.2 Å². The number of ketones is 1. The molecule has 0 radical (unpaired) electrons. The minimum absolute atomic E-state index is 0.187. The van der Waals surface area contributed by atoms with Crippen molar-refractivity contribution in [2.24, 2.45) is 5.92 Å². The number of rotatable bonds is 0. The predicted molar refractivity (Wildman–Crippen MR) is 64.7 cm³/mol. The molecule has 0 spiro atoms. The highest BCUT2D eigenvalue weighted by atomic mass is 16.1. The zero-order chi connectivity index (χ0) is 12.0. The van der Waals surface area contributed by atoms with Crippen LogP contribution in [0.5, 0.6) is 0 Å². The Hall–Kier alpha value is -1.77. The van der Waals surface area contributed by atoms with Gasteiger partial charge < -0.3 is 5.53 Å². The van der Waals surface area contributed by atoms with E-state index in [4.69, 9.17) is 0 Å². The summed E-state index contributed by atoms with van der Waals surface area (Å²) in [6.45, 7) is 2.15. The van der Waals surface area contributed by atoms with Crippen molar-refractivity contribution in [3.63, 3.8) is 0 Å². The molecule has 1 aliphatic carbocycles. The van der Waals surface area contributed by atoms with Crippen molar-refractivity contribution in [2.75, 3.05) is 0 Å². The van der Waals surface area contributed by atoms with Crippen molar-refractivity contribution < 1.29 is 9.49 Å². The second-order valence-corrected chi connectivity index (χ2v) is 4.93. The first-order valence-corrected chi connectivity index (χ1v) is 6.03. The zero-order valence-electron chi connectivity index (χ0n) is 9.81. The molecule has 1 fully saturated rings. The molecule has 1 unspecified atom stereocenters. The standard InChI is InChI=1S/C14H14N2O/c1-9-6-7-13(17)11(8-9)14-10-4-2-3-5-12(10)16(14)15/h2-5,9H,6-8H2,1H3. The molecule has 0 saturated heterocycles. The predicted octanol–water partition coefficient (Wildman–Crippen LogP) is 3.47. The van der Waals surface area contributed by atoms with Gasteiger partial charge in [-0.1, -0.05) is 19.1 Å². The van der Waals surface area contributed by atoms with E-state index in [0.717, 1.165) is 40.1 Å². The molecule has 86 valence electrons. The number of hydrogen-bond donors (Lipinski definition) is 0. The summed E-state index contributed by atoms with van der Waals surface area (Å²) in [5.41, 5.74) is 13.2. The lowest BCUT2D eigenvalue weighted by atomic mass is 9.82. The van der Waals surface area contributed by atoms with E-state index in [1.807, 2.05) is 24.3 Å². The average Bonchev–Trinajstić information content (AvgIpc) is 2.33. The molecular weight excluding hydrogens is 212 g/mol. The highest BCUT2D eigenvalue weighted by Crippen LogP contribution is 2.44. The van der Waals surface area contributed by atoms with E-state index in [9.17, 15) is 10.3 Å². The summed E-state index contributed by atoms with van der Waals surface area (Å²) in [5.74, 6) is 0.711. The van der Waals surface area contributed by atoms with Crippen molar-refractivity contribution in [1.82, 2.24) is 0 Å². The third-order valence-corrected chi connectivity index (χ3v) is 3.64. The summed E-state index contributed by atoms with van der Waals surface area (Å²) in [6.07, 6.45) is 2.35. The minimum Gasteiger partial charge on any atom is -0.493 e. The van der Waals surface area contributed by atoms with E-state index in [2.05, 4.69) is 6.92 Å². The number of allylic oxidation sites excluding steroid dienone is 1. The number of nitrogens with zero attached hydrogens (tertiary/aromatic N) is 2. The van der Waals surface area contributed by atoms with Crippen LogP contribution in [-0.4, -0.2) is 10.5 Å². The highest BCUT2D eigenvalue weighted by molar-refractivity contribution is 6.04. The Labute approximate surface area is 100 Å². The number of para-hydroxylation sites is 1. The Balaban J connectivity index is 2.11. The molecule has 1 saturated carbocycles. The number of Topliss-reactive ketones (excluding diaryl/α,β-unsaturated/α-hetero) is 1. The molecule has 1 aliphatic heterocycles. The van der Waals surface area contributed by atoms with E-state index in [1.165, 1.54) is 0 Å². The van der Waals surface area contributed by atoms with Gasteiger partial charge in [-0.05, 0) is 24.8 Å². The van der Waals surface area contributed by atoms with E-state index in [0.29, 0.717) is 12.3 Å². The van der Waals surface area contributed by atoms with Gasteiger partial charge in [0, 0.05) is 12.5 Å². The van der Waals surface area contributed by atoms with Crippen LogP contribution in [0.3, 0.4) is 0 Å². The molecule has 2 aliphatic rings. The fraction of sp³-hybridized carbons (Fsp3) is 0.357. The van der Waals surface area contributed by atoms with Gasteiger partial charge in [0.1, 0.15) is 5.56 Å². The van der Waals surface area contributed by atoms with Crippen LogP contribution in [0.15, 0.2) is 29.8 Å². The molecule has 3 rings (SSSR count). The molecule has 17 heavy (non-hydrogen) atoms. The van der Waals surface area contributed by atoms with Gasteiger partial charge in [0.25, 0.3) is 0 Å². The lowest BCUT2D eigenvalue weighted by Gasteiger charge is -2.27. The third kappa shape index (κ3) is 1.46. The lowest BCUT2D eigenvalue weighted by molar-refractivity contribution is -0.380. The minimum atomic E-state index is 0.187. The largest absolute Gasteiger partial charge is 0.493 e. The summed E-state index contributed by atoms with van der Waals surface area (Å²) >= 11 is 0. The van der Waals surface area contributed by atoms with Gasteiger partial charge in [0.2, 0.25) is 11.4 Å². The van der Waals surface area contributed by atoms with Gasteiger partial charge in [0.15, 0.2) is 5.78 Å². The number of fused-ring (bicyclic) bond motifs is 1. The maximum atomic E-state index is 11.9. The van der Waals surface area contributed by atoms with Crippen LogP contribution < -0.4 is 0 Å². The maximum Gasteiger partial charge on any atom is 0.220 e. The van der Waals surface area contributed by atoms with Crippen LogP contribution in [0.25, 0.3) is 11.2 Å². The van der Waals surface area contributed by atoms with Crippen LogP contribution in [0, 0.1) is 5.92 Å². The summed E-state index contributed by atoms with van der Waals surface area (Å²) in [6, 6.07) is 7.63. The van der Waals surface area contributed by atoms with Crippen LogP contribution >= 0.6 is 0 Å². The van der Waals surface area contributed by atoms with E-state index < -0.39 is 0 Å². The Morgan fingerprint density at radius 2 is 2.12 bits per heavy atom. The van der Waals surface area contributed by atoms with Gasteiger partial charge in [-0.25, -0.2) is 4.70 Å². The molecule has 0 amide bonds. The Morgan fingerprint density at radius 1 is 1.35 bits per heavy atom. The quantitative estimate of drug-likeness (QED) is 0.493. The SMILES string of the molecule is CC1CCC(=O)C(=C2c3ccccc3[N+]2=[N-])C1. The topological polar surface area (TPSA) is 42.4 Å². The number of benzene rings is 1. The molecule has 0 bridgehead atoms. The Kier molecular flexibility index (Phi) is 2.21. The van der Waals surface area contributed by atoms with Gasteiger partial charge in [-0.3, -0.25) is 4.79 Å². The van der Waals surface area contributed by atoms with Crippen LogP contribution in [0.2, 0.25) is 0 Å². The van der Waals surface area contributed by atoms with Crippen LogP contribution in [0.4, 0.5) is 5.69 Å². The summed E-state index contributed by atoms with van der Waals surface area (Å²) < 4.78 is 1.15. The summed E-state index contributed by atoms with van der Waals surface area (Å²) in [7, 11) is 0. The summed E-state index contributed by atoms with van der Waals surface area (Å²) in [5, 5.41) is 0. The molecule has 3 nitrogen and oxygen atoms in total. The van der Waals surface area contributed by atoms with Gasteiger partial charge in [-0.15, -0.1) is 0 Å². The van der Waals surface area contributed by atoms with Gasteiger partial charge in [-0.2, -0.15) is 0 Å². The van der Waals surface area contributed by atoms with Gasteiger partial charge >= 0.3 is 0 Å². The van der Waals surface area contributed by atoms with Crippen molar-refractivity contribution in [2.45, 2.75) is 26.2 Å². The van der Waals surface area contributed by atoms with Gasteiger partial charge in [0.05, 0.1) is 5.57 Å². The molecule has 1 heterocycles. The summed E-state index contributed by atoms with van der Waals surface area (Å²) in [4.78, 5) is 11.9. The fourth-order valence-electron chi connectivity index (χ4n) is 2.65. The first-order valence-electron chi connectivity index (χ1n) is 6.03. The molecule has 3 heteroatoms. The number of carbonyl (C=O) groups is 1. The van der Waals surface area contributed by atoms with Crippen molar-refractivity contribution in [1.29, 1.82) is 0 Å². The maximum absolute atomic E-state index is 11.9. The van der Waals surface area contributed by atoms with Crippen LogP contribution in [-0.2, 0) is 4.79 Å². The van der Waals surface area contributed by atoms with Crippen molar-refractivity contribution in [3.05, 3.63) is 40.9 Å². The zero-order valence-corrected chi connectivity index (χ0v) is 9.81. The lowest BCUT2D eigenvalue weighted by Crippen LogP contribution is -2.23. The molecule has 0 aromatic heterocycles. The van der Waals surface area contributed by atoms with Crippen molar-refractivity contribution in [3.8, 4) is 0 Å². The van der Waals surface area contributed by atoms with E-state index in [-0.39, 0.29) is 5.78 Å².